The van der Waals surface area contributed by atoms with Gasteiger partial charge in [-0.3, -0.25) is 14.5 Å². The number of halogens is 4. The number of carbonyl (C=O) groups excluding carboxylic acids is 3. The predicted molar refractivity (Wildman–Crippen MR) is 99.1 cm³/mol. The Balaban J connectivity index is 1.79. The second kappa shape index (κ2) is 7.40. The normalized spacial score (nSPS) is 19.3. The fourth-order valence-electron chi connectivity index (χ4n) is 2.95. The van der Waals surface area contributed by atoms with Gasteiger partial charge in [0.15, 0.2) is 0 Å². The highest BCUT2D eigenvalue weighted by Crippen LogP contribution is 2.34. The Labute approximate surface area is 168 Å². The summed E-state index contributed by atoms with van der Waals surface area (Å²) in [5, 5.41) is 5.26. The van der Waals surface area contributed by atoms with Crippen molar-refractivity contribution in [2.75, 3.05) is 11.9 Å². The van der Waals surface area contributed by atoms with Crippen LogP contribution in [0.1, 0.15) is 18.1 Å². The van der Waals surface area contributed by atoms with Crippen LogP contribution in [-0.2, 0) is 21.3 Å². The third-order valence-corrected chi connectivity index (χ3v) is 4.69. The third-order valence-electron chi connectivity index (χ3n) is 4.45. The zero-order valence-corrected chi connectivity index (χ0v) is 15.8. The minimum absolute atomic E-state index is 0.0385. The maximum Gasteiger partial charge on any atom is 0.416 e. The molecular formula is C19H15ClF3N3O3. The molecule has 2 aromatic carbocycles. The standard InChI is InChI=1S/C19H15ClF3N3O3/c1-18(11-4-2-5-12(8-11)19(21,22)23)16(28)26(17(29)25-18)10-15(27)24-14-7-3-6-13(20)9-14/h2-9H,10H2,1H3,(H,24,27)(H,25,29)/t18-/m0/s1. The molecule has 29 heavy (non-hydrogen) atoms. The first-order valence-corrected chi connectivity index (χ1v) is 8.76. The molecule has 4 amide bonds. The highest BCUT2D eigenvalue weighted by atomic mass is 35.5. The molecule has 1 atom stereocenters. The van der Waals surface area contributed by atoms with Gasteiger partial charge in [0.2, 0.25) is 5.91 Å². The van der Waals surface area contributed by atoms with E-state index in [1.165, 1.54) is 19.1 Å². The van der Waals surface area contributed by atoms with Gasteiger partial charge in [0.1, 0.15) is 12.1 Å². The van der Waals surface area contributed by atoms with Crippen LogP contribution in [0.5, 0.6) is 0 Å². The molecule has 1 saturated heterocycles. The summed E-state index contributed by atoms with van der Waals surface area (Å²) in [4.78, 5) is 37.9. The first kappa shape index (κ1) is 20.7. The van der Waals surface area contributed by atoms with Crippen LogP contribution in [0.2, 0.25) is 5.02 Å². The van der Waals surface area contributed by atoms with E-state index in [9.17, 15) is 27.6 Å². The lowest BCUT2D eigenvalue weighted by Gasteiger charge is -2.23. The third kappa shape index (κ3) is 4.19. The van der Waals surface area contributed by atoms with E-state index in [2.05, 4.69) is 10.6 Å². The summed E-state index contributed by atoms with van der Waals surface area (Å²) in [6.45, 7) is 0.684. The van der Waals surface area contributed by atoms with E-state index < -0.39 is 41.7 Å². The van der Waals surface area contributed by atoms with E-state index in [4.69, 9.17) is 11.6 Å². The molecule has 6 nitrogen and oxygen atoms in total. The molecule has 10 heteroatoms. The number of urea groups is 1. The van der Waals surface area contributed by atoms with Gasteiger partial charge in [0.05, 0.1) is 5.56 Å². The minimum Gasteiger partial charge on any atom is -0.324 e. The largest absolute Gasteiger partial charge is 0.416 e. The van der Waals surface area contributed by atoms with Crippen LogP contribution in [0.4, 0.5) is 23.7 Å². The molecule has 0 saturated carbocycles. The quantitative estimate of drug-likeness (QED) is 0.732. The molecule has 0 bridgehead atoms. The van der Waals surface area contributed by atoms with Crippen LogP contribution in [-0.4, -0.2) is 29.3 Å². The summed E-state index contributed by atoms with van der Waals surface area (Å²) in [5.74, 6) is -1.49. The summed E-state index contributed by atoms with van der Waals surface area (Å²) in [6, 6.07) is 9.51. The van der Waals surface area contributed by atoms with E-state index in [0.29, 0.717) is 15.6 Å². The number of nitrogens with zero attached hydrogens (tertiary/aromatic N) is 1. The molecular weight excluding hydrogens is 411 g/mol. The first-order valence-electron chi connectivity index (χ1n) is 8.38. The monoisotopic (exact) mass is 425 g/mol. The minimum atomic E-state index is -4.60. The van der Waals surface area contributed by atoms with E-state index in [-0.39, 0.29) is 5.56 Å². The number of nitrogens with one attached hydrogen (secondary N) is 2. The predicted octanol–water partition coefficient (Wildman–Crippen LogP) is 3.76. The molecule has 152 valence electrons. The van der Waals surface area contributed by atoms with Gasteiger partial charge in [-0.2, -0.15) is 13.2 Å². The fraction of sp³-hybridized carbons (Fsp3) is 0.211. The molecule has 0 unspecified atom stereocenters. The van der Waals surface area contributed by atoms with Crippen LogP contribution in [0.25, 0.3) is 0 Å². The average Bonchev–Trinajstić information content (AvgIpc) is 2.85. The van der Waals surface area contributed by atoms with E-state index in [1.807, 2.05) is 0 Å². The zero-order valence-electron chi connectivity index (χ0n) is 15.0. The van der Waals surface area contributed by atoms with Gasteiger partial charge >= 0.3 is 12.2 Å². The molecule has 3 rings (SSSR count). The van der Waals surface area contributed by atoms with Crippen LogP contribution in [0, 0.1) is 0 Å². The molecule has 2 N–H and O–H groups in total. The molecule has 0 aliphatic carbocycles. The number of benzene rings is 2. The van der Waals surface area contributed by atoms with Crippen molar-refractivity contribution in [2.45, 2.75) is 18.6 Å². The van der Waals surface area contributed by atoms with Gasteiger partial charge in [-0.1, -0.05) is 29.8 Å². The summed E-state index contributed by atoms with van der Waals surface area (Å²) in [5.41, 5.74) is -2.34. The van der Waals surface area contributed by atoms with Gasteiger partial charge in [-0.05, 0) is 42.8 Å². The molecule has 0 spiro atoms. The van der Waals surface area contributed by atoms with Crippen molar-refractivity contribution >= 4 is 35.1 Å². The Bertz CT molecular complexity index is 996. The van der Waals surface area contributed by atoms with Crippen LogP contribution < -0.4 is 10.6 Å². The summed E-state index contributed by atoms with van der Waals surface area (Å²) in [7, 11) is 0. The van der Waals surface area contributed by atoms with Gasteiger partial charge < -0.3 is 10.6 Å². The molecule has 1 fully saturated rings. The Morgan fingerprint density at radius 1 is 1.17 bits per heavy atom. The summed E-state index contributed by atoms with van der Waals surface area (Å²) >= 11 is 5.83. The average molecular weight is 426 g/mol. The smallest absolute Gasteiger partial charge is 0.324 e. The molecule has 1 heterocycles. The molecule has 0 radical (unpaired) electrons. The van der Waals surface area contributed by atoms with E-state index in [1.54, 1.807) is 18.2 Å². The maximum absolute atomic E-state index is 13.0. The highest BCUT2D eigenvalue weighted by Gasteiger charge is 2.50. The van der Waals surface area contributed by atoms with E-state index >= 15 is 0 Å². The lowest BCUT2D eigenvalue weighted by Crippen LogP contribution is -2.42. The Morgan fingerprint density at radius 2 is 1.86 bits per heavy atom. The molecule has 2 aromatic rings. The van der Waals surface area contributed by atoms with Crippen molar-refractivity contribution in [3.63, 3.8) is 0 Å². The number of anilines is 1. The zero-order chi connectivity index (χ0) is 21.4. The summed E-state index contributed by atoms with van der Waals surface area (Å²) in [6.07, 6.45) is -4.60. The molecule has 0 aromatic heterocycles. The van der Waals surface area contributed by atoms with Crippen molar-refractivity contribution in [1.29, 1.82) is 0 Å². The van der Waals surface area contributed by atoms with Crippen molar-refractivity contribution < 1.29 is 27.6 Å². The van der Waals surface area contributed by atoms with Crippen molar-refractivity contribution in [2.24, 2.45) is 0 Å². The van der Waals surface area contributed by atoms with Gasteiger partial charge in [-0.25, -0.2) is 4.79 Å². The number of imide groups is 1. The van der Waals surface area contributed by atoms with Crippen LogP contribution in [0.3, 0.4) is 0 Å². The maximum atomic E-state index is 13.0. The number of rotatable bonds is 4. The van der Waals surface area contributed by atoms with Crippen molar-refractivity contribution in [1.82, 2.24) is 10.2 Å². The van der Waals surface area contributed by atoms with Gasteiger partial charge in [0.25, 0.3) is 5.91 Å². The van der Waals surface area contributed by atoms with Crippen molar-refractivity contribution in [3.8, 4) is 0 Å². The first-order chi connectivity index (χ1) is 13.5. The SMILES string of the molecule is C[C@@]1(c2cccc(C(F)(F)F)c2)NC(=O)N(CC(=O)Nc2cccc(Cl)c2)C1=O. The fourth-order valence-corrected chi connectivity index (χ4v) is 3.14. The Hall–Kier alpha value is -3.07. The second-order valence-electron chi connectivity index (χ2n) is 6.58. The highest BCUT2D eigenvalue weighted by molar-refractivity contribution is 6.30. The van der Waals surface area contributed by atoms with Crippen LogP contribution >= 0.6 is 11.6 Å². The van der Waals surface area contributed by atoms with Crippen LogP contribution in [0.15, 0.2) is 48.5 Å². The number of hydrogen-bond acceptors (Lipinski definition) is 3. The summed E-state index contributed by atoms with van der Waals surface area (Å²) < 4.78 is 39.0. The Kier molecular flexibility index (Phi) is 5.27. The number of alkyl halides is 3. The number of amides is 4. The lowest BCUT2D eigenvalue weighted by molar-refractivity contribution is -0.138. The topological polar surface area (TPSA) is 78.5 Å². The number of hydrogen-bond donors (Lipinski definition) is 2. The van der Waals surface area contributed by atoms with Crippen molar-refractivity contribution in [3.05, 3.63) is 64.7 Å². The Morgan fingerprint density at radius 3 is 2.52 bits per heavy atom. The van der Waals surface area contributed by atoms with E-state index in [0.717, 1.165) is 18.2 Å². The second-order valence-corrected chi connectivity index (χ2v) is 7.02. The molecule has 1 aliphatic heterocycles. The van der Waals surface area contributed by atoms with Gasteiger partial charge in [-0.15, -0.1) is 0 Å². The molecule has 1 aliphatic rings. The van der Waals surface area contributed by atoms with Gasteiger partial charge in [0, 0.05) is 10.7 Å². The lowest BCUT2D eigenvalue weighted by atomic mass is 9.90. The number of carbonyl (C=O) groups is 3.